The van der Waals surface area contributed by atoms with Crippen LogP contribution >= 0.6 is 23.2 Å². The van der Waals surface area contributed by atoms with Gasteiger partial charge in [-0.1, -0.05) is 23.2 Å². The Morgan fingerprint density at radius 3 is 2.55 bits per heavy atom. The third-order valence-electron chi connectivity index (χ3n) is 3.11. The number of hydrogen-bond donors (Lipinski definition) is 2. The molecule has 0 bridgehead atoms. The molecule has 1 fully saturated rings. The number of rotatable bonds is 4. The summed E-state index contributed by atoms with van der Waals surface area (Å²) in [6.45, 7) is 1.60. The van der Waals surface area contributed by atoms with Gasteiger partial charge in [-0.25, -0.2) is 13.1 Å². The maximum atomic E-state index is 12.3. The van der Waals surface area contributed by atoms with Crippen LogP contribution in [0.1, 0.15) is 12.8 Å². The molecule has 1 aliphatic heterocycles. The molecule has 20 heavy (non-hydrogen) atoms. The normalized spacial score (nSPS) is 20.0. The smallest absolute Gasteiger partial charge is 0.243 e. The number of halogens is 2. The van der Waals surface area contributed by atoms with Gasteiger partial charge < -0.3 is 10.5 Å². The van der Waals surface area contributed by atoms with Crippen molar-refractivity contribution in [3.05, 3.63) is 22.2 Å². The molecule has 3 N–H and O–H groups in total. The van der Waals surface area contributed by atoms with Gasteiger partial charge in [-0.05, 0) is 30.9 Å². The highest BCUT2D eigenvalue weighted by Gasteiger charge is 2.24. The largest absolute Gasteiger partial charge is 0.399 e. The SMILES string of the molecule is Nc1cc(Cl)c(S(=O)(=O)NCC2CCCOC2)c(Cl)c1. The average molecular weight is 339 g/mol. The molecule has 0 saturated carbocycles. The van der Waals surface area contributed by atoms with E-state index in [1.54, 1.807) is 0 Å². The molecule has 1 atom stereocenters. The Labute approximate surface area is 128 Å². The molecular weight excluding hydrogens is 323 g/mol. The summed E-state index contributed by atoms with van der Waals surface area (Å²) >= 11 is 11.9. The Hall–Kier alpha value is -0.530. The van der Waals surface area contributed by atoms with Crippen LogP contribution < -0.4 is 10.5 Å². The molecule has 0 spiro atoms. The van der Waals surface area contributed by atoms with E-state index in [9.17, 15) is 8.42 Å². The van der Waals surface area contributed by atoms with Crippen molar-refractivity contribution in [1.29, 1.82) is 0 Å². The van der Waals surface area contributed by atoms with Crippen molar-refractivity contribution in [1.82, 2.24) is 4.72 Å². The summed E-state index contributed by atoms with van der Waals surface area (Å²) in [5.74, 6) is 0.171. The first-order valence-corrected chi connectivity index (χ1v) is 8.46. The van der Waals surface area contributed by atoms with Crippen molar-refractivity contribution in [2.24, 2.45) is 5.92 Å². The molecule has 1 unspecified atom stereocenters. The van der Waals surface area contributed by atoms with E-state index in [1.807, 2.05) is 0 Å². The second-order valence-corrected chi connectivity index (χ2v) is 7.27. The Kier molecular flexibility index (Phi) is 5.14. The molecule has 1 heterocycles. The lowest BCUT2D eigenvalue weighted by Gasteiger charge is -2.22. The third kappa shape index (κ3) is 3.77. The van der Waals surface area contributed by atoms with Crippen molar-refractivity contribution in [3.8, 4) is 0 Å². The van der Waals surface area contributed by atoms with Crippen molar-refractivity contribution in [2.75, 3.05) is 25.5 Å². The molecule has 1 aromatic carbocycles. The van der Waals surface area contributed by atoms with E-state index in [0.717, 1.165) is 19.4 Å². The maximum absolute atomic E-state index is 12.3. The highest BCUT2D eigenvalue weighted by molar-refractivity contribution is 7.89. The van der Waals surface area contributed by atoms with Gasteiger partial charge in [0.25, 0.3) is 0 Å². The summed E-state index contributed by atoms with van der Waals surface area (Å²) in [5.41, 5.74) is 5.88. The van der Waals surface area contributed by atoms with Crippen LogP contribution in [0.4, 0.5) is 5.69 Å². The molecule has 0 amide bonds. The van der Waals surface area contributed by atoms with E-state index in [4.69, 9.17) is 33.7 Å². The Morgan fingerprint density at radius 1 is 1.35 bits per heavy atom. The van der Waals surface area contributed by atoms with Crippen LogP contribution in [0.3, 0.4) is 0 Å². The fourth-order valence-corrected chi connectivity index (χ4v) is 4.45. The highest BCUT2D eigenvalue weighted by atomic mass is 35.5. The zero-order valence-electron chi connectivity index (χ0n) is 10.7. The van der Waals surface area contributed by atoms with Crippen LogP contribution in [0.2, 0.25) is 10.0 Å². The first-order chi connectivity index (χ1) is 9.40. The highest BCUT2D eigenvalue weighted by Crippen LogP contribution is 2.31. The van der Waals surface area contributed by atoms with Gasteiger partial charge >= 0.3 is 0 Å². The number of anilines is 1. The fourth-order valence-electron chi connectivity index (χ4n) is 2.10. The van der Waals surface area contributed by atoms with Crippen LogP contribution in [0, 0.1) is 5.92 Å². The average Bonchev–Trinajstić information content (AvgIpc) is 2.36. The summed E-state index contributed by atoms with van der Waals surface area (Å²) < 4.78 is 32.4. The van der Waals surface area contributed by atoms with E-state index in [2.05, 4.69) is 4.72 Å². The lowest BCUT2D eigenvalue weighted by Crippen LogP contribution is -2.33. The van der Waals surface area contributed by atoms with Crippen molar-refractivity contribution in [3.63, 3.8) is 0 Å². The lowest BCUT2D eigenvalue weighted by atomic mass is 10.0. The van der Waals surface area contributed by atoms with E-state index in [1.165, 1.54) is 12.1 Å². The third-order valence-corrected chi connectivity index (χ3v) is 5.45. The van der Waals surface area contributed by atoms with Crippen molar-refractivity contribution >= 4 is 38.9 Å². The Bertz CT molecular complexity index is 563. The monoisotopic (exact) mass is 338 g/mol. The molecule has 5 nitrogen and oxygen atoms in total. The number of nitrogens with one attached hydrogen (secondary N) is 1. The molecular formula is C12H16Cl2N2O3S. The van der Waals surface area contributed by atoms with Gasteiger partial charge in [0.2, 0.25) is 10.0 Å². The summed E-state index contributed by atoms with van der Waals surface area (Å²) in [6.07, 6.45) is 1.88. The van der Waals surface area contributed by atoms with Gasteiger partial charge in [0, 0.05) is 18.8 Å². The number of sulfonamides is 1. The minimum Gasteiger partial charge on any atom is -0.399 e. The molecule has 8 heteroatoms. The van der Waals surface area contributed by atoms with Gasteiger partial charge in [0.1, 0.15) is 4.90 Å². The number of nitrogen functional groups attached to an aromatic ring is 1. The zero-order chi connectivity index (χ0) is 14.8. The topological polar surface area (TPSA) is 81.4 Å². The van der Waals surface area contributed by atoms with E-state index >= 15 is 0 Å². The lowest BCUT2D eigenvalue weighted by molar-refractivity contribution is 0.0568. The molecule has 1 saturated heterocycles. The maximum Gasteiger partial charge on any atom is 0.243 e. The minimum absolute atomic E-state index is 0.0161. The quantitative estimate of drug-likeness (QED) is 0.825. The molecule has 1 aliphatic rings. The number of nitrogens with two attached hydrogens (primary N) is 1. The standard InChI is InChI=1S/C12H16Cl2N2O3S/c13-10-4-9(15)5-11(14)12(10)20(17,18)16-6-8-2-1-3-19-7-8/h4-5,8,16H,1-3,6-7,15H2. The molecule has 0 aliphatic carbocycles. The molecule has 2 rings (SSSR count). The number of ether oxygens (including phenoxy) is 1. The predicted octanol–water partition coefficient (Wildman–Crippen LogP) is 2.28. The van der Waals surface area contributed by atoms with Gasteiger partial charge in [0.15, 0.2) is 0 Å². The van der Waals surface area contributed by atoms with Gasteiger partial charge in [-0.15, -0.1) is 0 Å². The number of benzene rings is 1. The van der Waals surface area contributed by atoms with Gasteiger partial charge in [0.05, 0.1) is 16.7 Å². The van der Waals surface area contributed by atoms with Crippen molar-refractivity contribution in [2.45, 2.75) is 17.7 Å². The van der Waals surface area contributed by atoms with E-state index in [-0.39, 0.29) is 20.9 Å². The minimum atomic E-state index is -3.76. The Balaban J connectivity index is 2.14. The van der Waals surface area contributed by atoms with Crippen LogP contribution in [0.25, 0.3) is 0 Å². The second-order valence-electron chi connectivity index (χ2n) is 4.75. The van der Waals surface area contributed by atoms with Crippen LogP contribution in [0.5, 0.6) is 0 Å². The molecule has 0 aromatic heterocycles. The number of hydrogen-bond acceptors (Lipinski definition) is 4. The van der Waals surface area contributed by atoms with Crippen LogP contribution in [-0.4, -0.2) is 28.2 Å². The molecule has 0 radical (unpaired) electrons. The first-order valence-electron chi connectivity index (χ1n) is 6.22. The van der Waals surface area contributed by atoms with Crippen molar-refractivity contribution < 1.29 is 13.2 Å². The van der Waals surface area contributed by atoms with Crippen LogP contribution in [0.15, 0.2) is 17.0 Å². The van der Waals surface area contributed by atoms with E-state index < -0.39 is 10.0 Å². The Morgan fingerprint density at radius 2 is 2.00 bits per heavy atom. The molecule has 1 aromatic rings. The predicted molar refractivity (Wildman–Crippen MR) is 79.6 cm³/mol. The first kappa shape index (κ1) is 15.9. The summed E-state index contributed by atoms with van der Waals surface area (Å²) in [7, 11) is -3.76. The summed E-state index contributed by atoms with van der Waals surface area (Å²) in [6, 6.07) is 2.73. The summed E-state index contributed by atoms with van der Waals surface area (Å²) in [5, 5.41) is 0.0322. The van der Waals surface area contributed by atoms with Gasteiger partial charge in [-0.2, -0.15) is 0 Å². The molecule has 112 valence electrons. The zero-order valence-corrected chi connectivity index (χ0v) is 13.1. The fraction of sp³-hybridized carbons (Fsp3) is 0.500. The second kappa shape index (κ2) is 6.49. The summed E-state index contributed by atoms with van der Waals surface area (Å²) in [4.78, 5) is -0.133. The van der Waals surface area contributed by atoms with E-state index in [0.29, 0.717) is 18.8 Å². The van der Waals surface area contributed by atoms with Crippen LogP contribution in [-0.2, 0) is 14.8 Å². The van der Waals surface area contributed by atoms with Gasteiger partial charge in [-0.3, -0.25) is 0 Å².